The van der Waals surface area contributed by atoms with Gasteiger partial charge in [-0.25, -0.2) is 9.18 Å². The summed E-state index contributed by atoms with van der Waals surface area (Å²) < 4.78 is 18.7. The fourth-order valence-corrected chi connectivity index (χ4v) is 2.32. The van der Waals surface area contributed by atoms with Crippen molar-refractivity contribution in [1.82, 2.24) is 0 Å². The Kier molecular flexibility index (Phi) is 4.93. The number of hydrogen-bond acceptors (Lipinski definition) is 2. The van der Waals surface area contributed by atoms with E-state index in [2.05, 4.69) is 0 Å². The molecule has 21 heavy (non-hydrogen) atoms. The highest BCUT2D eigenvalue weighted by Gasteiger charge is 2.17. The highest BCUT2D eigenvalue weighted by atomic mass is 35.5. The average Bonchev–Trinajstić information content (AvgIpc) is 2.40. The molecule has 0 amide bonds. The molecule has 0 aliphatic rings. The Labute approximate surface area is 134 Å². The number of carboxylic acids is 1. The summed E-state index contributed by atoms with van der Waals surface area (Å²) >= 11 is 17.3. The molecule has 2 rings (SSSR count). The van der Waals surface area contributed by atoms with Crippen molar-refractivity contribution in [1.29, 1.82) is 0 Å². The zero-order valence-corrected chi connectivity index (χ0v) is 12.6. The van der Waals surface area contributed by atoms with Gasteiger partial charge in [0.1, 0.15) is 18.0 Å². The summed E-state index contributed by atoms with van der Waals surface area (Å²) in [5, 5.41) is 9.36. The SMILES string of the molecule is O=C(O)c1cc(Cl)cc(Cl)c1OCc1ccc(Cl)c(F)c1. The van der Waals surface area contributed by atoms with Gasteiger partial charge in [0.15, 0.2) is 5.75 Å². The van der Waals surface area contributed by atoms with Gasteiger partial charge in [0.2, 0.25) is 0 Å². The van der Waals surface area contributed by atoms with Crippen molar-refractivity contribution >= 4 is 40.8 Å². The smallest absolute Gasteiger partial charge is 0.339 e. The molecule has 0 spiro atoms. The van der Waals surface area contributed by atoms with E-state index in [4.69, 9.17) is 44.6 Å². The van der Waals surface area contributed by atoms with Gasteiger partial charge in [0, 0.05) is 5.02 Å². The topological polar surface area (TPSA) is 46.5 Å². The van der Waals surface area contributed by atoms with Gasteiger partial charge in [-0.15, -0.1) is 0 Å². The number of carbonyl (C=O) groups is 1. The zero-order valence-electron chi connectivity index (χ0n) is 10.4. The second kappa shape index (κ2) is 6.52. The summed E-state index contributed by atoms with van der Waals surface area (Å²) in [6.45, 7) is -0.0598. The minimum atomic E-state index is -1.23. The molecule has 0 fully saturated rings. The van der Waals surface area contributed by atoms with Crippen molar-refractivity contribution in [2.45, 2.75) is 6.61 Å². The summed E-state index contributed by atoms with van der Waals surface area (Å²) in [6, 6.07) is 6.75. The normalized spacial score (nSPS) is 10.5. The minimum Gasteiger partial charge on any atom is -0.486 e. The first-order valence-electron chi connectivity index (χ1n) is 5.67. The molecule has 7 heteroatoms. The largest absolute Gasteiger partial charge is 0.486 e. The van der Waals surface area contributed by atoms with Crippen LogP contribution < -0.4 is 4.74 Å². The number of hydrogen-bond donors (Lipinski definition) is 1. The Morgan fingerprint density at radius 1 is 1.14 bits per heavy atom. The fraction of sp³-hybridized carbons (Fsp3) is 0.0714. The third kappa shape index (κ3) is 3.79. The summed E-state index contributed by atoms with van der Waals surface area (Å²) in [5.41, 5.74) is 0.321. The number of benzene rings is 2. The van der Waals surface area contributed by atoms with Crippen LogP contribution in [0, 0.1) is 5.82 Å². The first kappa shape index (κ1) is 15.9. The first-order chi connectivity index (χ1) is 9.88. The molecule has 0 aliphatic carbocycles. The van der Waals surface area contributed by atoms with Crippen molar-refractivity contribution in [3.63, 3.8) is 0 Å². The van der Waals surface area contributed by atoms with Crippen LogP contribution in [0.5, 0.6) is 5.75 Å². The Morgan fingerprint density at radius 3 is 2.48 bits per heavy atom. The molecule has 0 aliphatic heterocycles. The molecule has 0 saturated carbocycles. The Bertz CT molecular complexity index is 704. The number of aromatic carboxylic acids is 1. The molecule has 0 atom stereocenters. The maximum absolute atomic E-state index is 13.3. The predicted molar refractivity (Wildman–Crippen MR) is 79.2 cm³/mol. The van der Waals surface area contributed by atoms with E-state index in [-0.39, 0.29) is 33.0 Å². The third-order valence-electron chi connectivity index (χ3n) is 2.61. The van der Waals surface area contributed by atoms with E-state index in [9.17, 15) is 9.18 Å². The molecular formula is C14H8Cl3FO3. The van der Waals surface area contributed by atoms with Crippen LogP contribution in [0.2, 0.25) is 15.1 Å². The van der Waals surface area contributed by atoms with E-state index < -0.39 is 11.8 Å². The standard InChI is InChI=1S/C14H8Cl3FO3/c15-8-4-9(14(19)20)13(11(17)5-8)21-6-7-1-2-10(16)12(18)3-7/h1-5H,6H2,(H,19,20). The van der Waals surface area contributed by atoms with Crippen molar-refractivity contribution in [2.75, 3.05) is 0 Å². The molecule has 0 saturated heterocycles. The van der Waals surface area contributed by atoms with Crippen LogP contribution in [0.25, 0.3) is 0 Å². The van der Waals surface area contributed by atoms with Gasteiger partial charge in [-0.1, -0.05) is 40.9 Å². The molecule has 2 aromatic rings. The van der Waals surface area contributed by atoms with Crippen LogP contribution in [0.3, 0.4) is 0 Å². The number of carboxylic acid groups (broad SMARTS) is 1. The lowest BCUT2D eigenvalue weighted by Gasteiger charge is -2.12. The van der Waals surface area contributed by atoms with E-state index >= 15 is 0 Å². The average molecular weight is 350 g/mol. The van der Waals surface area contributed by atoms with Gasteiger partial charge >= 0.3 is 5.97 Å². The number of ether oxygens (including phenoxy) is 1. The molecule has 0 heterocycles. The number of halogens is 4. The van der Waals surface area contributed by atoms with Crippen LogP contribution in [0.1, 0.15) is 15.9 Å². The summed E-state index contributed by atoms with van der Waals surface area (Å²) in [7, 11) is 0. The lowest BCUT2D eigenvalue weighted by atomic mass is 10.2. The molecule has 0 bridgehead atoms. The van der Waals surface area contributed by atoms with Crippen LogP contribution in [0.4, 0.5) is 4.39 Å². The van der Waals surface area contributed by atoms with E-state index in [0.717, 1.165) is 0 Å². The fourth-order valence-electron chi connectivity index (χ4n) is 1.65. The molecule has 0 radical (unpaired) electrons. The molecule has 3 nitrogen and oxygen atoms in total. The lowest BCUT2D eigenvalue weighted by molar-refractivity contribution is 0.0691. The monoisotopic (exact) mass is 348 g/mol. The van der Waals surface area contributed by atoms with Gasteiger partial charge < -0.3 is 9.84 Å². The van der Waals surface area contributed by atoms with Gasteiger partial charge in [0.05, 0.1) is 10.0 Å². The van der Waals surface area contributed by atoms with E-state index in [1.807, 2.05) is 0 Å². The first-order valence-corrected chi connectivity index (χ1v) is 6.81. The van der Waals surface area contributed by atoms with Gasteiger partial charge in [-0.05, 0) is 29.8 Å². The van der Waals surface area contributed by atoms with Crippen LogP contribution in [-0.4, -0.2) is 11.1 Å². The van der Waals surface area contributed by atoms with Gasteiger partial charge in [0.25, 0.3) is 0 Å². The van der Waals surface area contributed by atoms with Crippen LogP contribution in [-0.2, 0) is 6.61 Å². The quantitative estimate of drug-likeness (QED) is 0.839. The summed E-state index contributed by atoms with van der Waals surface area (Å²) in [5.74, 6) is -1.83. The number of rotatable bonds is 4. The van der Waals surface area contributed by atoms with Crippen LogP contribution >= 0.6 is 34.8 Å². The van der Waals surface area contributed by atoms with Crippen LogP contribution in [0.15, 0.2) is 30.3 Å². The Hall–Kier alpha value is -1.49. The lowest BCUT2D eigenvalue weighted by Crippen LogP contribution is -2.04. The molecule has 110 valence electrons. The maximum atomic E-state index is 13.3. The second-order valence-electron chi connectivity index (χ2n) is 4.11. The predicted octanol–water partition coefficient (Wildman–Crippen LogP) is 5.06. The van der Waals surface area contributed by atoms with Gasteiger partial charge in [-0.2, -0.15) is 0 Å². The Balaban J connectivity index is 2.27. The van der Waals surface area contributed by atoms with E-state index in [1.54, 1.807) is 6.07 Å². The Morgan fingerprint density at radius 2 is 1.86 bits per heavy atom. The third-order valence-corrected chi connectivity index (χ3v) is 3.41. The summed E-state index contributed by atoms with van der Waals surface area (Å²) in [6.07, 6.45) is 0. The van der Waals surface area contributed by atoms with Crippen molar-refractivity contribution in [2.24, 2.45) is 0 Å². The minimum absolute atomic E-state index is 0.00509. The van der Waals surface area contributed by atoms with Crippen molar-refractivity contribution in [3.05, 3.63) is 62.3 Å². The molecule has 2 aromatic carbocycles. The van der Waals surface area contributed by atoms with Crippen molar-refractivity contribution in [3.8, 4) is 5.75 Å². The molecule has 0 unspecified atom stereocenters. The highest BCUT2D eigenvalue weighted by molar-refractivity contribution is 6.36. The molecular weight excluding hydrogens is 342 g/mol. The summed E-state index contributed by atoms with van der Waals surface area (Å²) in [4.78, 5) is 11.2. The van der Waals surface area contributed by atoms with Crippen molar-refractivity contribution < 1.29 is 19.0 Å². The van der Waals surface area contributed by atoms with E-state index in [1.165, 1.54) is 24.3 Å². The molecule has 0 aromatic heterocycles. The maximum Gasteiger partial charge on any atom is 0.339 e. The van der Waals surface area contributed by atoms with Gasteiger partial charge in [-0.3, -0.25) is 0 Å². The van der Waals surface area contributed by atoms with E-state index in [0.29, 0.717) is 5.56 Å². The second-order valence-corrected chi connectivity index (χ2v) is 5.36. The highest BCUT2D eigenvalue weighted by Crippen LogP contribution is 2.33. The molecule has 1 N–H and O–H groups in total. The zero-order chi connectivity index (χ0) is 15.6.